The molecule has 0 radical (unpaired) electrons. The topological polar surface area (TPSA) is 132 Å². The third-order valence-electron chi connectivity index (χ3n) is 6.08. The van der Waals surface area contributed by atoms with E-state index in [1.807, 2.05) is 0 Å². The van der Waals surface area contributed by atoms with Crippen LogP contribution >= 0.6 is 0 Å². The van der Waals surface area contributed by atoms with Crippen LogP contribution in [0, 0.1) is 5.92 Å². The smallest absolute Gasteiger partial charge is 0.416 e. The zero-order valence-corrected chi connectivity index (χ0v) is 22.3. The summed E-state index contributed by atoms with van der Waals surface area (Å²) in [4.78, 5) is 32.9. The van der Waals surface area contributed by atoms with Gasteiger partial charge in [0, 0.05) is 25.4 Å². The predicted octanol–water partition coefficient (Wildman–Crippen LogP) is 3.67. The van der Waals surface area contributed by atoms with Crippen LogP contribution < -0.4 is 20.3 Å². The molecule has 10 nitrogen and oxygen atoms in total. The molecule has 1 atom stereocenters. The van der Waals surface area contributed by atoms with Crippen molar-refractivity contribution < 1.29 is 31.1 Å². The number of amides is 1. The Balaban J connectivity index is 1.72. The summed E-state index contributed by atoms with van der Waals surface area (Å²) in [6, 6.07) is 9.53. The lowest BCUT2D eigenvalue weighted by Crippen LogP contribution is -2.32. The van der Waals surface area contributed by atoms with Crippen LogP contribution in [-0.2, 0) is 27.5 Å². The van der Waals surface area contributed by atoms with Gasteiger partial charge in [-0.25, -0.2) is 18.4 Å². The number of methoxy groups -OCH3 is 1. The van der Waals surface area contributed by atoms with Crippen molar-refractivity contribution in [3.05, 3.63) is 77.0 Å². The van der Waals surface area contributed by atoms with Crippen LogP contribution in [0.15, 0.2) is 70.7 Å². The van der Waals surface area contributed by atoms with Gasteiger partial charge in [-0.1, -0.05) is 19.1 Å². The zero-order chi connectivity index (χ0) is 29.2. The van der Waals surface area contributed by atoms with Crippen molar-refractivity contribution in [1.29, 1.82) is 0 Å². The molecule has 40 heavy (non-hydrogen) atoms. The first-order valence-electron chi connectivity index (χ1n) is 11.8. The maximum Gasteiger partial charge on any atom is 0.416 e. The molecule has 0 fully saturated rings. The lowest BCUT2D eigenvalue weighted by Gasteiger charge is -2.14. The molecule has 4 aromatic rings. The van der Waals surface area contributed by atoms with Crippen molar-refractivity contribution in [2.45, 2.75) is 24.5 Å². The molecule has 2 heterocycles. The molecule has 0 aliphatic carbocycles. The second-order valence-corrected chi connectivity index (χ2v) is 10.5. The first kappa shape index (κ1) is 28.5. The zero-order valence-electron chi connectivity index (χ0n) is 21.5. The van der Waals surface area contributed by atoms with E-state index >= 15 is 0 Å². The van der Waals surface area contributed by atoms with Crippen LogP contribution in [-0.4, -0.2) is 43.0 Å². The van der Waals surface area contributed by atoms with Crippen LogP contribution in [0.4, 0.5) is 18.9 Å². The normalized spacial score (nSPS) is 12.7. The van der Waals surface area contributed by atoms with Crippen LogP contribution in [0.1, 0.15) is 12.5 Å². The highest BCUT2D eigenvalue weighted by molar-refractivity contribution is 7.92. The molecule has 0 saturated carbocycles. The van der Waals surface area contributed by atoms with E-state index in [0.29, 0.717) is 22.7 Å². The molecule has 0 bridgehead atoms. The first-order chi connectivity index (χ1) is 18.8. The summed E-state index contributed by atoms with van der Waals surface area (Å²) >= 11 is 0. The van der Waals surface area contributed by atoms with Crippen molar-refractivity contribution >= 4 is 32.5 Å². The maximum absolute atomic E-state index is 13.2. The molecule has 2 aromatic carbocycles. The summed E-state index contributed by atoms with van der Waals surface area (Å²) in [5.41, 5.74) is -0.342. The number of halogens is 3. The van der Waals surface area contributed by atoms with E-state index in [9.17, 15) is 31.2 Å². The molecule has 14 heteroatoms. The van der Waals surface area contributed by atoms with Gasteiger partial charge in [0.05, 0.1) is 40.7 Å². The maximum atomic E-state index is 13.2. The third-order valence-corrected chi connectivity index (χ3v) is 7.45. The molecule has 210 valence electrons. The molecule has 0 aliphatic heterocycles. The number of benzene rings is 2. The van der Waals surface area contributed by atoms with Crippen LogP contribution in [0.5, 0.6) is 5.88 Å². The van der Waals surface area contributed by atoms with E-state index in [1.54, 1.807) is 25.1 Å². The van der Waals surface area contributed by atoms with Gasteiger partial charge in [0.15, 0.2) is 0 Å². The summed E-state index contributed by atoms with van der Waals surface area (Å²) in [6.07, 6.45) is -1.97. The number of sulfonamides is 1. The lowest BCUT2D eigenvalue weighted by molar-refractivity contribution is -0.137. The van der Waals surface area contributed by atoms with Gasteiger partial charge in [-0.15, -0.1) is 0 Å². The van der Waals surface area contributed by atoms with Crippen molar-refractivity contribution in [1.82, 2.24) is 19.9 Å². The van der Waals surface area contributed by atoms with E-state index < -0.39 is 32.6 Å². The van der Waals surface area contributed by atoms with Crippen molar-refractivity contribution in [2.75, 3.05) is 18.9 Å². The van der Waals surface area contributed by atoms with Gasteiger partial charge in [-0.05, 0) is 42.0 Å². The lowest BCUT2D eigenvalue weighted by atomic mass is 10.0. The highest BCUT2D eigenvalue weighted by Crippen LogP contribution is 2.33. The molecule has 0 saturated heterocycles. The number of carbonyl (C=O) groups excluding carboxylic acids is 1. The Hall–Kier alpha value is -4.46. The van der Waals surface area contributed by atoms with E-state index in [2.05, 4.69) is 20.0 Å². The standard InChI is InChI=1S/C26H24F3N5O5S/c1-15(23(35)30-2)13-34-14-32-21-8-7-16(9-20(21)25(34)36)17-10-22(24(39-3)31-12-17)33-40(37,38)19-6-4-5-18(11-19)26(27,28)29/h4-12,14-15,33H,13H2,1-3H3,(H,30,35)/t15-/m0/s1. The molecule has 0 unspecified atom stereocenters. The number of fused-ring (bicyclic) bond motifs is 1. The fourth-order valence-corrected chi connectivity index (χ4v) is 5.08. The number of nitrogens with zero attached hydrogens (tertiary/aromatic N) is 3. The number of ether oxygens (including phenoxy) is 1. The predicted molar refractivity (Wildman–Crippen MR) is 141 cm³/mol. The first-order valence-corrected chi connectivity index (χ1v) is 13.3. The fourth-order valence-electron chi connectivity index (χ4n) is 3.98. The molecule has 0 spiro atoms. The summed E-state index contributed by atoms with van der Waals surface area (Å²) in [7, 11) is -1.70. The Kier molecular flexibility index (Phi) is 7.82. The molecule has 1 amide bonds. The van der Waals surface area contributed by atoms with E-state index in [1.165, 1.54) is 37.3 Å². The molecular weight excluding hydrogens is 551 g/mol. The largest absolute Gasteiger partial charge is 0.480 e. The summed E-state index contributed by atoms with van der Waals surface area (Å²) in [6.45, 7) is 1.79. The van der Waals surface area contributed by atoms with Gasteiger partial charge in [-0.2, -0.15) is 13.2 Å². The third kappa shape index (κ3) is 5.91. The van der Waals surface area contributed by atoms with Gasteiger partial charge >= 0.3 is 6.18 Å². The molecule has 2 aromatic heterocycles. The molecule has 0 aliphatic rings. The second kappa shape index (κ2) is 11.0. The van der Waals surface area contributed by atoms with Gasteiger partial charge in [-0.3, -0.25) is 18.9 Å². The summed E-state index contributed by atoms with van der Waals surface area (Å²) < 4.78 is 74.0. The number of anilines is 1. The van der Waals surface area contributed by atoms with Crippen LogP contribution in [0.2, 0.25) is 0 Å². The highest BCUT2D eigenvalue weighted by Gasteiger charge is 2.32. The number of alkyl halides is 3. The number of carbonyl (C=O) groups is 1. The average molecular weight is 576 g/mol. The minimum absolute atomic E-state index is 0.108. The minimum atomic E-state index is -4.73. The quantitative estimate of drug-likeness (QED) is 0.328. The van der Waals surface area contributed by atoms with E-state index in [-0.39, 0.29) is 35.0 Å². The Morgan fingerprint density at radius 3 is 2.52 bits per heavy atom. The van der Waals surface area contributed by atoms with Gasteiger partial charge in [0.1, 0.15) is 5.69 Å². The number of hydrogen-bond acceptors (Lipinski definition) is 7. The SMILES string of the molecule is CNC(=O)[C@@H](C)Cn1cnc2ccc(-c3cnc(OC)c(NS(=O)(=O)c4cccc(C(F)(F)F)c4)c3)cc2c1=O. The van der Waals surface area contributed by atoms with Gasteiger partial charge in [0.2, 0.25) is 11.8 Å². The summed E-state index contributed by atoms with van der Waals surface area (Å²) in [5, 5.41) is 2.79. The molecule has 4 rings (SSSR count). The van der Waals surface area contributed by atoms with Crippen LogP contribution in [0.3, 0.4) is 0 Å². The Labute approximate surface area is 226 Å². The summed E-state index contributed by atoms with van der Waals surface area (Å²) in [5.74, 6) is -0.833. The van der Waals surface area contributed by atoms with Gasteiger partial charge < -0.3 is 10.1 Å². The minimum Gasteiger partial charge on any atom is -0.480 e. The Morgan fingerprint density at radius 2 is 1.85 bits per heavy atom. The number of hydrogen-bond donors (Lipinski definition) is 2. The van der Waals surface area contributed by atoms with Crippen molar-refractivity contribution in [3.63, 3.8) is 0 Å². The number of rotatable bonds is 8. The van der Waals surface area contributed by atoms with Crippen molar-refractivity contribution in [2.24, 2.45) is 5.92 Å². The Bertz CT molecular complexity index is 1760. The fraction of sp³-hybridized carbons (Fsp3) is 0.231. The average Bonchev–Trinajstić information content (AvgIpc) is 2.93. The molecular formula is C26H24F3N5O5S. The monoisotopic (exact) mass is 575 g/mol. The molecule has 2 N–H and O–H groups in total. The van der Waals surface area contributed by atoms with Crippen LogP contribution in [0.25, 0.3) is 22.0 Å². The van der Waals surface area contributed by atoms with Crippen molar-refractivity contribution in [3.8, 4) is 17.0 Å². The van der Waals surface area contributed by atoms with E-state index in [4.69, 9.17) is 4.74 Å². The number of pyridine rings is 1. The highest BCUT2D eigenvalue weighted by atomic mass is 32.2. The van der Waals surface area contributed by atoms with E-state index in [0.717, 1.165) is 18.2 Å². The van der Waals surface area contributed by atoms with Gasteiger partial charge in [0.25, 0.3) is 15.6 Å². The number of nitrogens with one attached hydrogen (secondary N) is 2. The Morgan fingerprint density at radius 1 is 1.10 bits per heavy atom. The second-order valence-electron chi connectivity index (χ2n) is 8.86. The number of aromatic nitrogens is 3.